The fourth-order valence-electron chi connectivity index (χ4n) is 0.841. The lowest BCUT2D eigenvalue weighted by Gasteiger charge is -2.08. The highest BCUT2D eigenvalue weighted by Gasteiger charge is 2.06. The molecule has 0 aliphatic heterocycles. The first kappa shape index (κ1) is 7.88. The Morgan fingerprint density at radius 2 is 2.36 bits per heavy atom. The molecule has 0 saturated carbocycles. The molecule has 3 heteroatoms. The van der Waals surface area contributed by atoms with Crippen LogP contribution in [0.25, 0.3) is 0 Å². The molecule has 1 aliphatic carbocycles. The molecule has 58 valence electrons. The Labute approximate surface area is 65.3 Å². The number of carbonyl (C=O) groups excluding carboxylic acids is 1. The normalized spacial score (nSPS) is 26.0. The maximum atomic E-state index is 10.6. The lowest BCUT2D eigenvalue weighted by atomic mass is 10.1. The molecule has 0 aromatic heterocycles. The van der Waals surface area contributed by atoms with Gasteiger partial charge < -0.3 is 5.73 Å². The van der Waals surface area contributed by atoms with Crippen LogP contribution in [0.3, 0.4) is 0 Å². The van der Waals surface area contributed by atoms with Crippen LogP contribution in [0.1, 0.15) is 6.92 Å². The van der Waals surface area contributed by atoms with E-state index >= 15 is 0 Å². The second-order valence-corrected chi connectivity index (χ2v) is 2.33. The minimum atomic E-state index is -0.233. The fraction of sp³-hybridized carbons (Fsp3) is 0.250. The topological polar surface area (TPSA) is 55.5 Å². The molecule has 11 heavy (non-hydrogen) atoms. The van der Waals surface area contributed by atoms with E-state index in [2.05, 4.69) is 4.99 Å². The van der Waals surface area contributed by atoms with E-state index < -0.39 is 0 Å². The van der Waals surface area contributed by atoms with Gasteiger partial charge in [0.05, 0.1) is 11.8 Å². The summed E-state index contributed by atoms with van der Waals surface area (Å²) in [6, 6.07) is -0.233. The van der Waals surface area contributed by atoms with Crippen LogP contribution >= 0.6 is 0 Å². The van der Waals surface area contributed by atoms with Gasteiger partial charge in [-0.05, 0) is 6.08 Å². The van der Waals surface area contributed by atoms with Crippen molar-refractivity contribution in [2.75, 3.05) is 0 Å². The molecule has 0 heterocycles. The van der Waals surface area contributed by atoms with E-state index in [9.17, 15) is 4.79 Å². The first-order valence-corrected chi connectivity index (χ1v) is 3.40. The van der Waals surface area contributed by atoms with Crippen LogP contribution in [0, 0.1) is 0 Å². The minimum absolute atomic E-state index is 0.213. The van der Waals surface area contributed by atoms with Crippen molar-refractivity contribution in [1.82, 2.24) is 0 Å². The number of allylic oxidation sites excluding steroid dienone is 2. The van der Waals surface area contributed by atoms with Gasteiger partial charge >= 0.3 is 0 Å². The molecule has 1 rings (SSSR count). The molecular formula is C8H10N2O. The second-order valence-electron chi connectivity index (χ2n) is 2.33. The third-order valence-corrected chi connectivity index (χ3v) is 1.32. The van der Waals surface area contributed by atoms with Crippen molar-refractivity contribution in [3.8, 4) is 0 Å². The van der Waals surface area contributed by atoms with Crippen LogP contribution in [0.15, 0.2) is 29.3 Å². The highest BCUT2D eigenvalue weighted by Crippen LogP contribution is 1.98. The Morgan fingerprint density at radius 3 is 2.91 bits per heavy atom. The lowest BCUT2D eigenvalue weighted by Crippen LogP contribution is -2.28. The van der Waals surface area contributed by atoms with Crippen molar-refractivity contribution in [3.63, 3.8) is 0 Å². The molecule has 0 fully saturated rings. The van der Waals surface area contributed by atoms with Gasteiger partial charge in [0.1, 0.15) is 0 Å². The van der Waals surface area contributed by atoms with Gasteiger partial charge in [0.2, 0.25) is 5.91 Å². The molecule has 0 aromatic rings. The molecule has 0 spiro atoms. The summed E-state index contributed by atoms with van der Waals surface area (Å²) in [7, 11) is 0. The Hall–Kier alpha value is -1.22. The number of carbonyl (C=O) groups is 1. The second kappa shape index (κ2) is 3.25. The van der Waals surface area contributed by atoms with E-state index in [0.29, 0.717) is 5.71 Å². The quantitative estimate of drug-likeness (QED) is 0.544. The van der Waals surface area contributed by atoms with E-state index in [0.717, 1.165) is 0 Å². The molecule has 0 aromatic carbocycles. The van der Waals surface area contributed by atoms with Crippen molar-refractivity contribution in [1.29, 1.82) is 0 Å². The Bertz CT molecular complexity index is 251. The van der Waals surface area contributed by atoms with Crippen LogP contribution in [0.2, 0.25) is 0 Å². The number of nitrogens with two attached hydrogens (primary N) is 1. The number of hydrogen-bond donors (Lipinski definition) is 1. The van der Waals surface area contributed by atoms with Gasteiger partial charge in [-0.3, -0.25) is 4.79 Å². The van der Waals surface area contributed by atoms with Gasteiger partial charge in [0, 0.05) is 6.92 Å². The highest BCUT2D eigenvalue weighted by molar-refractivity contribution is 6.06. The van der Waals surface area contributed by atoms with Gasteiger partial charge in [-0.2, -0.15) is 0 Å². The van der Waals surface area contributed by atoms with Crippen molar-refractivity contribution in [2.45, 2.75) is 13.0 Å². The Kier molecular flexibility index (Phi) is 2.33. The van der Waals surface area contributed by atoms with Gasteiger partial charge in [0.15, 0.2) is 0 Å². The maximum absolute atomic E-state index is 10.6. The number of rotatable bonds is 0. The zero-order valence-electron chi connectivity index (χ0n) is 6.32. The largest absolute Gasteiger partial charge is 0.319 e. The summed E-state index contributed by atoms with van der Waals surface area (Å²) >= 11 is 0. The molecule has 0 unspecified atom stereocenters. The molecular weight excluding hydrogens is 140 g/mol. The van der Waals surface area contributed by atoms with Crippen molar-refractivity contribution in [2.24, 2.45) is 10.7 Å². The van der Waals surface area contributed by atoms with E-state index in [4.69, 9.17) is 5.73 Å². The Morgan fingerprint density at radius 1 is 1.64 bits per heavy atom. The fourth-order valence-corrected chi connectivity index (χ4v) is 0.841. The van der Waals surface area contributed by atoms with Crippen LogP contribution in [-0.4, -0.2) is 17.7 Å². The molecule has 0 bridgehead atoms. The number of aliphatic imine (C=N–C) groups is 1. The predicted molar refractivity (Wildman–Crippen MR) is 44.4 cm³/mol. The van der Waals surface area contributed by atoms with E-state index in [-0.39, 0.29) is 11.9 Å². The van der Waals surface area contributed by atoms with Crippen molar-refractivity contribution >= 4 is 11.6 Å². The van der Waals surface area contributed by atoms with Gasteiger partial charge in [-0.15, -0.1) is 0 Å². The minimum Gasteiger partial charge on any atom is -0.319 e. The van der Waals surface area contributed by atoms with Crippen LogP contribution in [0.5, 0.6) is 0 Å². The molecule has 2 N–H and O–H groups in total. The number of hydrogen-bond acceptors (Lipinski definition) is 2. The van der Waals surface area contributed by atoms with Crippen LogP contribution in [0.4, 0.5) is 0 Å². The first-order chi connectivity index (χ1) is 5.20. The molecule has 1 amide bonds. The van der Waals surface area contributed by atoms with Crippen molar-refractivity contribution < 1.29 is 4.79 Å². The number of nitrogens with zero attached hydrogens (tertiary/aromatic N) is 1. The van der Waals surface area contributed by atoms with Gasteiger partial charge in [-0.25, -0.2) is 4.99 Å². The van der Waals surface area contributed by atoms with E-state index in [1.54, 1.807) is 12.2 Å². The standard InChI is InChI=1S/C8H10N2O/c1-6(11)10-8-5-3-2-4-7(8)9/h2-5,7H,9H2,1H3/t7-/m1/s1. The Balaban J connectivity index is 2.81. The van der Waals surface area contributed by atoms with Gasteiger partial charge in [0.25, 0.3) is 0 Å². The van der Waals surface area contributed by atoms with Crippen molar-refractivity contribution in [3.05, 3.63) is 24.3 Å². The van der Waals surface area contributed by atoms with Crippen LogP contribution in [-0.2, 0) is 4.79 Å². The average Bonchev–Trinajstić information content (AvgIpc) is 1.93. The average molecular weight is 150 g/mol. The monoisotopic (exact) mass is 150 g/mol. The molecule has 0 saturated heterocycles. The molecule has 1 aliphatic rings. The molecule has 3 nitrogen and oxygen atoms in total. The molecule has 1 atom stereocenters. The summed E-state index contributed by atoms with van der Waals surface area (Å²) in [6.07, 6.45) is 7.18. The third kappa shape index (κ3) is 2.13. The summed E-state index contributed by atoms with van der Waals surface area (Å²) in [5.41, 5.74) is 6.23. The number of amides is 1. The van der Waals surface area contributed by atoms with E-state index in [1.807, 2.05) is 12.2 Å². The lowest BCUT2D eigenvalue weighted by molar-refractivity contribution is -0.115. The highest BCUT2D eigenvalue weighted by atomic mass is 16.1. The zero-order valence-corrected chi connectivity index (χ0v) is 6.32. The zero-order chi connectivity index (χ0) is 8.27. The smallest absolute Gasteiger partial charge is 0.242 e. The summed E-state index contributed by atoms with van der Waals surface area (Å²) in [6.45, 7) is 1.41. The summed E-state index contributed by atoms with van der Waals surface area (Å²) in [5, 5.41) is 0. The third-order valence-electron chi connectivity index (χ3n) is 1.32. The maximum Gasteiger partial charge on any atom is 0.242 e. The van der Waals surface area contributed by atoms with Gasteiger partial charge in [-0.1, -0.05) is 18.2 Å². The van der Waals surface area contributed by atoms with E-state index in [1.165, 1.54) is 6.92 Å². The summed E-state index contributed by atoms with van der Waals surface area (Å²) < 4.78 is 0. The summed E-state index contributed by atoms with van der Waals surface area (Å²) in [4.78, 5) is 14.3. The summed E-state index contributed by atoms with van der Waals surface area (Å²) in [5.74, 6) is -0.213. The molecule has 0 radical (unpaired) electrons. The SMILES string of the molecule is CC(=O)N=C1C=CC=C[C@H]1N. The van der Waals surface area contributed by atoms with Crippen LogP contribution < -0.4 is 5.73 Å². The first-order valence-electron chi connectivity index (χ1n) is 3.40. The predicted octanol–water partition coefficient (Wildman–Crippen LogP) is 0.427.